The molecule has 0 radical (unpaired) electrons. The van der Waals surface area contributed by atoms with E-state index in [1.807, 2.05) is 51.1 Å². The smallest absolute Gasteiger partial charge is 0.410 e. The van der Waals surface area contributed by atoms with Crippen LogP contribution in [0.25, 0.3) is 0 Å². The van der Waals surface area contributed by atoms with Crippen molar-refractivity contribution in [2.24, 2.45) is 5.92 Å². The molecule has 1 fully saturated rings. The molecule has 3 aliphatic heterocycles. The Morgan fingerprint density at radius 1 is 0.824 bits per heavy atom. The van der Waals surface area contributed by atoms with E-state index in [1.54, 1.807) is 49.1 Å². The summed E-state index contributed by atoms with van der Waals surface area (Å²) in [6.45, 7) is 10.3. The predicted molar refractivity (Wildman–Crippen MR) is 195 cm³/mol. The fraction of sp³-hybridized carbons (Fsp3) is 0.359. The van der Waals surface area contributed by atoms with Gasteiger partial charge in [-0.05, 0) is 122 Å². The molecule has 0 aliphatic carbocycles. The first kappa shape index (κ1) is 37.0. The van der Waals surface area contributed by atoms with Gasteiger partial charge in [-0.15, -0.1) is 0 Å². The molecule has 51 heavy (non-hydrogen) atoms. The topological polar surface area (TPSA) is 66.5 Å². The maximum Gasteiger partial charge on any atom is 0.410 e. The number of rotatable bonds is 4. The molecule has 4 aromatic carbocycles. The van der Waals surface area contributed by atoms with Gasteiger partial charge in [0.15, 0.2) is 23.0 Å². The summed E-state index contributed by atoms with van der Waals surface area (Å²) in [6, 6.07) is 20.1. The summed E-state index contributed by atoms with van der Waals surface area (Å²) in [5, 5.41) is 0.658. The summed E-state index contributed by atoms with van der Waals surface area (Å²) < 4.78 is 58.6. The fourth-order valence-electron chi connectivity index (χ4n) is 6.33. The van der Waals surface area contributed by atoms with Crippen molar-refractivity contribution < 1.29 is 37.3 Å². The van der Waals surface area contributed by atoms with Crippen LogP contribution in [0.2, 0.25) is 10.0 Å². The number of piperidine rings is 1. The van der Waals surface area contributed by atoms with Gasteiger partial charge in [0.25, 0.3) is 11.6 Å². The highest BCUT2D eigenvalue weighted by Crippen LogP contribution is 2.49. The van der Waals surface area contributed by atoms with Crippen LogP contribution in [-0.2, 0) is 22.7 Å². The molecule has 0 saturated carbocycles. The van der Waals surface area contributed by atoms with Gasteiger partial charge < -0.3 is 28.6 Å². The average molecular weight is 806 g/mol. The van der Waals surface area contributed by atoms with Gasteiger partial charge in [-0.1, -0.05) is 41.4 Å². The molecule has 1 amide bonds. The summed E-state index contributed by atoms with van der Waals surface area (Å²) in [5.41, 5.74) is 1.14. The Morgan fingerprint density at radius 2 is 1.33 bits per heavy atom. The monoisotopic (exact) mass is 803 g/mol. The third kappa shape index (κ3) is 8.18. The highest BCUT2D eigenvalue weighted by Gasteiger charge is 2.43. The first-order chi connectivity index (χ1) is 24.0. The largest absolute Gasteiger partial charge is 0.444 e. The highest BCUT2D eigenvalue weighted by molar-refractivity contribution is 9.10. The number of hydrogen-bond acceptors (Lipinski definition) is 6. The summed E-state index contributed by atoms with van der Waals surface area (Å²) in [4.78, 5) is 14.1. The van der Waals surface area contributed by atoms with Crippen molar-refractivity contribution in [3.05, 3.63) is 116 Å². The second kappa shape index (κ2) is 14.4. The summed E-state index contributed by atoms with van der Waals surface area (Å²) in [7, 11) is 0. The molecule has 3 heterocycles. The molecule has 2 atom stereocenters. The van der Waals surface area contributed by atoms with Crippen molar-refractivity contribution in [1.29, 1.82) is 0 Å². The third-order valence-electron chi connectivity index (χ3n) is 8.81. The molecule has 4 aromatic rings. The van der Waals surface area contributed by atoms with E-state index in [0.29, 0.717) is 63.2 Å². The van der Waals surface area contributed by atoms with Crippen molar-refractivity contribution in [2.45, 2.75) is 71.1 Å². The first-order valence-corrected chi connectivity index (χ1v) is 18.1. The second-order valence-corrected chi connectivity index (χ2v) is 15.7. The van der Waals surface area contributed by atoms with E-state index in [4.69, 9.17) is 46.9 Å². The summed E-state index contributed by atoms with van der Waals surface area (Å²) in [6.07, 6.45) is 2.31. The van der Waals surface area contributed by atoms with E-state index >= 15 is 0 Å². The number of likely N-dealkylation sites (tertiary alicyclic amines) is 1. The molecule has 3 aliphatic rings. The lowest BCUT2D eigenvalue weighted by Crippen LogP contribution is -2.42. The van der Waals surface area contributed by atoms with Crippen molar-refractivity contribution in [3.63, 3.8) is 0 Å². The van der Waals surface area contributed by atoms with E-state index in [-0.39, 0.29) is 6.09 Å². The quantitative estimate of drug-likeness (QED) is 0.205. The fourth-order valence-corrected chi connectivity index (χ4v) is 7.08. The van der Waals surface area contributed by atoms with Crippen LogP contribution in [0.1, 0.15) is 64.2 Å². The summed E-state index contributed by atoms with van der Waals surface area (Å²) in [5.74, 6) is -0.575. The lowest BCUT2D eigenvalue weighted by Gasteiger charge is -2.33. The number of para-hydroxylation sites is 2. The van der Waals surface area contributed by atoms with E-state index in [1.165, 1.54) is 12.1 Å². The Morgan fingerprint density at radius 3 is 1.84 bits per heavy atom. The molecule has 7 rings (SSSR count). The van der Waals surface area contributed by atoms with Crippen molar-refractivity contribution >= 4 is 45.2 Å². The zero-order chi connectivity index (χ0) is 36.7. The Kier molecular flexibility index (Phi) is 10.4. The lowest BCUT2D eigenvalue weighted by molar-refractivity contribution is -0.0715. The lowest BCUT2D eigenvalue weighted by atomic mass is 9.90. The Labute approximate surface area is 314 Å². The first-order valence-electron chi connectivity index (χ1n) is 16.6. The standard InChI is InChI=1S/C25H29ClFNO4.C14H9BrClFO2/c1-24(2,3)32-23(29)28-12-10-16(11-13-28)14-17-6-5-7-21-22(17)31-25(4,30-21)19-9-8-18(26)15-20(19)27;1-14(9-6-5-8(16)7-11(9)17)18-12-4-2-3-10(15)13(12)19-14/h5-9,15-16H,10-14H2,1-4H3;2-7H,1H3. The molecule has 7 nitrogen and oxygen atoms in total. The second-order valence-electron chi connectivity index (χ2n) is 14.0. The van der Waals surface area contributed by atoms with Gasteiger partial charge in [-0.25, -0.2) is 13.6 Å². The van der Waals surface area contributed by atoms with E-state index < -0.39 is 28.8 Å². The van der Waals surface area contributed by atoms with Crippen LogP contribution in [0.15, 0.2) is 77.3 Å². The van der Waals surface area contributed by atoms with Gasteiger partial charge in [0.2, 0.25) is 0 Å². The van der Waals surface area contributed by atoms with Gasteiger partial charge in [-0.2, -0.15) is 0 Å². The van der Waals surface area contributed by atoms with Gasteiger partial charge in [-0.3, -0.25) is 0 Å². The zero-order valence-corrected chi connectivity index (χ0v) is 31.9. The predicted octanol–water partition coefficient (Wildman–Crippen LogP) is 11.2. The van der Waals surface area contributed by atoms with Crippen LogP contribution in [0, 0.1) is 17.6 Å². The van der Waals surface area contributed by atoms with Crippen LogP contribution >= 0.6 is 39.1 Å². The molecule has 0 aromatic heterocycles. The van der Waals surface area contributed by atoms with Crippen LogP contribution in [0.5, 0.6) is 23.0 Å². The molecule has 1 saturated heterocycles. The molecule has 2 unspecified atom stereocenters. The molecule has 270 valence electrons. The number of hydrogen-bond donors (Lipinski definition) is 0. The number of nitrogens with zero attached hydrogens (tertiary/aromatic N) is 1. The highest BCUT2D eigenvalue weighted by atomic mass is 79.9. The van der Waals surface area contributed by atoms with Gasteiger partial charge >= 0.3 is 6.09 Å². The van der Waals surface area contributed by atoms with Crippen molar-refractivity contribution in [2.75, 3.05) is 13.1 Å². The van der Waals surface area contributed by atoms with Crippen LogP contribution in [0.3, 0.4) is 0 Å². The SMILES string of the molecule is CC(C)(C)OC(=O)N1CCC(Cc2cccc3c2OC(C)(c2ccc(Cl)cc2F)O3)CC1.CC1(c2ccc(Cl)cc2F)Oc2cccc(Br)c2O1. The Bertz CT molecular complexity index is 1950. The number of benzene rings is 4. The van der Waals surface area contributed by atoms with Crippen molar-refractivity contribution in [1.82, 2.24) is 4.90 Å². The van der Waals surface area contributed by atoms with Gasteiger partial charge in [0.05, 0.1) is 15.6 Å². The van der Waals surface area contributed by atoms with Gasteiger partial charge in [0.1, 0.15) is 17.2 Å². The zero-order valence-electron chi connectivity index (χ0n) is 28.8. The minimum atomic E-state index is -1.26. The average Bonchev–Trinajstić information content (AvgIpc) is 3.59. The maximum atomic E-state index is 14.6. The Hall–Kier alpha value is -3.73. The minimum Gasteiger partial charge on any atom is -0.444 e. The van der Waals surface area contributed by atoms with Crippen LogP contribution < -0.4 is 18.9 Å². The third-order valence-corrected chi connectivity index (χ3v) is 9.90. The number of ether oxygens (including phenoxy) is 5. The van der Waals surface area contributed by atoms with E-state index in [0.717, 1.165) is 29.3 Å². The molecular formula is C39H38BrCl2F2NO6. The molecule has 0 bridgehead atoms. The molecule has 0 spiro atoms. The van der Waals surface area contributed by atoms with E-state index in [9.17, 15) is 13.6 Å². The maximum absolute atomic E-state index is 14.6. The minimum absolute atomic E-state index is 0.256. The number of carbonyl (C=O) groups is 1. The summed E-state index contributed by atoms with van der Waals surface area (Å²) >= 11 is 15.0. The molecule has 0 N–H and O–H groups in total. The normalized spacial score (nSPS) is 20.9. The van der Waals surface area contributed by atoms with Gasteiger partial charge in [0, 0.05) is 37.0 Å². The number of carbonyl (C=O) groups excluding carboxylic acids is 1. The van der Waals surface area contributed by atoms with Crippen LogP contribution in [-0.4, -0.2) is 29.7 Å². The van der Waals surface area contributed by atoms with E-state index in [2.05, 4.69) is 15.9 Å². The number of fused-ring (bicyclic) bond motifs is 2. The number of amides is 1. The Balaban J connectivity index is 0.000000200. The molecular weight excluding hydrogens is 767 g/mol. The van der Waals surface area contributed by atoms with Crippen LogP contribution in [0.4, 0.5) is 13.6 Å². The molecule has 12 heteroatoms. The van der Waals surface area contributed by atoms with Crippen molar-refractivity contribution in [3.8, 4) is 23.0 Å². The number of halogens is 5.